The summed E-state index contributed by atoms with van der Waals surface area (Å²) < 4.78 is 0. The zero-order valence-electron chi connectivity index (χ0n) is 11.7. The second-order valence-corrected chi connectivity index (χ2v) is 6.78. The second kappa shape index (κ2) is 5.51. The van der Waals surface area contributed by atoms with Gasteiger partial charge in [0.2, 0.25) is 0 Å². The van der Waals surface area contributed by atoms with Gasteiger partial charge >= 0.3 is 0 Å². The molecule has 100 valence electrons. The van der Waals surface area contributed by atoms with E-state index in [2.05, 4.69) is 30.7 Å². The van der Waals surface area contributed by atoms with Crippen LogP contribution in [0.1, 0.15) is 27.0 Å². The van der Waals surface area contributed by atoms with Crippen LogP contribution in [0.2, 0.25) is 0 Å². The molecule has 18 heavy (non-hydrogen) atoms. The van der Waals surface area contributed by atoms with E-state index in [0.29, 0.717) is 12.6 Å². The van der Waals surface area contributed by atoms with Gasteiger partial charge in [0.15, 0.2) is 5.78 Å². The lowest BCUT2D eigenvalue weighted by Crippen LogP contribution is -2.51. The fourth-order valence-electron chi connectivity index (χ4n) is 2.46. The number of carbonyl (C=O) groups is 1. The summed E-state index contributed by atoms with van der Waals surface area (Å²) in [6, 6.07) is 2.57. The van der Waals surface area contributed by atoms with Crippen LogP contribution in [0, 0.1) is 13.8 Å². The first kappa shape index (κ1) is 13.7. The molecule has 0 amide bonds. The molecule has 0 spiro atoms. The number of piperazine rings is 1. The summed E-state index contributed by atoms with van der Waals surface area (Å²) in [5, 5.41) is 0. The first-order valence-corrected chi connectivity index (χ1v) is 7.32. The molecule has 2 rings (SSSR count). The molecule has 1 aliphatic heterocycles. The van der Waals surface area contributed by atoms with Crippen molar-refractivity contribution in [1.82, 2.24) is 9.80 Å². The minimum atomic E-state index is 0.272. The SMILES string of the molecule is Cc1cc(C(=O)CN2CCN(C)C(C)C2)c(C)s1. The van der Waals surface area contributed by atoms with E-state index >= 15 is 0 Å². The zero-order chi connectivity index (χ0) is 13.3. The van der Waals surface area contributed by atoms with Gasteiger partial charge in [0.05, 0.1) is 6.54 Å². The van der Waals surface area contributed by atoms with E-state index in [-0.39, 0.29) is 5.78 Å². The maximum Gasteiger partial charge on any atom is 0.177 e. The Balaban J connectivity index is 1.98. The zero-order valence-corrected chi connectivity index (χ0v) is 12.5. The van der Waals surface area contributed by atoms with Crippen LogP contribution >= 0.6 is 11.3 Å². The standard InChI is InChI=1S/C14H22N2OS/c1-10-8-16(6-5-15(10)4)9-14(17)13-7-11(2)18-12(13)3/h7,10H,5-6,8-9H2,1-4H3. The number of aryl methyl sites for hydroxylation is 2. The number of Topliss-reactive ketones (excluding diaryl/α,β-unsaturated/α-hetero) is 1. The van der Waals surface area contributed by atoms with E-state index < -0.39 is 0 Å². The highest BCUT2D eigenvalue weighted by Crippen LogP contribution is 2.21. The quantitative estimate of drug-likeness (QED) is 0.784. The number of ketones is 1. The van der Waals surface area contributed by atoms with Gasteiger partial charge in [-0.05, 0) is 33.9 Å². The van der Waals surface area contributed by atoms with Crippen molar-refractivity contribution >= 4 is 17.1 Å². The van der Waals surface area contributed by atoms with Gasteiger partial charge in [-0.2, -0.15) is 0 Å². The van der Waals surface area contributed by atoms with Crippen LogP contribution in [0.15, 0.2) is 6.07 Å². The summed E-state index contributed by atoms with van der Waals surface area (Å²) in [5.74, 6) is 0.272. The molecule has 0 N–H and O–H groups in total. The average molecular weight is 266 g/mol. The summed E-state index contributed by atoms with van der Waals surface area (Å²) >= 11 is 1.71. The minimum absolute atomic E-state index is 0.272. The molecule has 1 aromatic rings. The van der Waals surface area contributed by atoms with Gasteiger partial charge in [-0.3, -0.25) is 9.69 Å². The van der Waals surface area contributed by atoms with E-state index in [1.54, 1.807) is 11.3 Å². The molecule has 1 aromatic heterocycles. The molecule has 3 nitrogen and oxygen atoms in total. The Bertz CT molecular complexity index is 441. The van der Waals surface area contributed by atoms with E-state index in [1.165, 1.54) is 4.88 Å². The van der Waals surface area contributed by atoms with Crippen molar-refractivity contribution in [3.05, 3.63) is 21.4 Å². The van der Waals surface area contributed by atoms with Crippen LogP contribution < -0.4 is 0 Å². The highest BCUT2D eigenvalue weighted by molar-refractivity contribution is 7.12. The third kappa shape index (κ3) is 2.99. The Kier molecular flexibility index (Phi) is 4.20. The van der Waals surface area contributed by atoms with Crippen molar-refractivity contribution in [2.75, 3.05) is 33.2 Å². The van der Waals surface area contributed by atoms with Gasteiger partial charge in [0.25, 0.3) is 0 Å². The number of hydrogen-bond acceptors (Lipinski definition) is 4. The maximum absolute atomic E-state index is 12.3. The van der Waals surface area contributed by atoms with Gasteiger partial charge in [-0.25, -0.2) is 0 Å². The Hall–Kier alpha value is -0.710. The minimum Gasteiger partial charge on any atom is -0.301 e. The fraction of sp³-hybridized carbons (Fsp3) is 0.643. The summed E-state index contributed by atoms with van der Waals surface area (Å²) in [6.07, 6.45) is 0. The summed E-state index contributed by atoms with van der Waals surface area (Å²) in [4.78, 5) is 19.3. The van der Waals surface area contributed by atoms with Gasteiger partial charge in [0, 0.05) is 41.0 Å². The predicted octanol–water partition coefficient (Wildman–Crippen LogP) is 2.18. The molecule has 1 aliphatic rings. The van der Waals surface area contributed by atoms with Gasteiger partial charge in [-0.15, -0.1) is 11.3 Å². The van der Waals surface area contributed by atoms with Gasteiger partial charge in [-0.1, -0.05) is 0 Å². The Morgan fingerprint density at radius 3 is 2.72 bits per heavy atom. The monoisotopic (exact) mass is 266 g/mol. The Labute approximate surface area is 113 Å². The average Bonchev–Trinajstić information content (AvgIpc) is 2.63. The predicted molar refractivity (Wildman–Crippen MR) is 76.7 cm³/mol. The molecule has 4 heteroatoms. The molecule has 0 aromatic carbocycles. The van der Waals surface area contributed by atoms with E-state index in [9.17, 15) is 4.79 Å². The van der Waals surface area contributed by atoms with Crippen LogP contribution in [-0.4, -0.2) is 54.9 Å². The summed E-state index contributed by atoms with van der Waals surface area (Å²) in [6.45, 7) is 9.92. The number of carbonyl (C=O) groups excluding carboxylic acids is 1. The normalized spacial score (nSPS) is 22.3. The van der Waals surface area contributed by atoms with Gasteiger partial charge < -0.3 is 4.90 Å². The van der Waals surface area contributed by atoms with Crippen molar-refractivity contribution < 1.29 is 4.79 Å². The lowest BCUT2D eigenvalue weighted by Gasteiger charge is -2.37. The third-order valence-electron chi connectivity index (χ3n) is 3.75. The molecular formula is C14H22N2OS. The molecule has 0 radical (unpaired) electrons. The first-order chi connectivity index (χ1) is 8.47. The number of rotatable bonds is 3. The lowest BCUT2D eigenvalue weighted by molar-refractivity contribution is 0.0786. The summed E-state index contributed by atoms with van der Waals surface area (Å²) in [5.41, 5.74) is 0.920. The van der Waals surface area contributed by atoms with Crippen LogP contribution in [0.3, 0.4) is 0 Å². The van der Waals surface area contributed by atoms with Crippen LogP contribution in [-0.2, 0) is 0 Å². The first-order valence-electron chi connectivity index (χ1n) is 6.50. The molecule has 1 fully saturated rings. The molecule has 2 heterocycles. The molecule has 0 aliphatic carbocycles. The highest BCUT2D eigenvalue weighted by atomic mass is 32.1. The maximum atomic E-state index is 12.3. The number of hydrogen-bond donors (Lipinski definition) is 0. The van der Waals surface area contributed by atoms with Crippen molar-refractivity contribution in [3.63, 3.8) is 0 Å². The largest absolute Gasteiger partial charge is 0.301 e. The third-order valence-corrected chi connectivity index (χ3v) is 4.72. The molecule has 1 unspecified atom stereocenters. The van der Waals surface area contributed by atoms with Crippen molar-refractivity contribution in [2.24, 2.45) is 0 Å². The van der Waals surface area contributed by atoms with Crippen LogP contribution in [0.5, 0.6) is 0 Å². The highest BCUT2D eigenvalue weighted by Gasteiger charge is 2.23. The smallest absolute Gasteiger partial charge is 0.177 e. The molecular weight excluding hydrogens is 244 g/mol. The van der Waals surface area contributed by atoms with Crippen LogP contribution in [0.4, 0.5) is 0 Å². The van der Waals surface area contributed by atoms with Crippen molar-refractivity contribution in [3.8, 4) is 0 Å². The number of likely N-dealkylation sites (N-methyl/N-ethyl adjacent to an activating group) is 1. The van der Waals surface area contributed by atoms with Crippen molar-refractivity contribution in [1.29, 1.82) is 0 Å². The van der Waals surface area contributed by atoms with Crippen LogP contribution in [0.25, 0.3) is 0 Å². The van der Waals surface area contributed by atoms with E-state index in [4.69, 9.17) is 0 Å². The topological polar surface area (TPSA) is 23.6 Å². The molecule has 1 saturated heterocycles. The number of thiophene rings is 1. The van der Waals surface area contributed by atoms with Crippen molar-refractivity contribution in [2.45, 2.75) is 26.8 Å². The second-order valence-electron chi connectivity index (χ2n) is 5.31. The van der Waals surface area contributed by atoms with E-state index in [0.717, 1.165) is 30.1 Å². The Morgan fingerprint density at radius 1 is 1.44 bits per heavy atom. The molecule has 0 bridgehead atoms. The summed E-state index contributed by atoms with van der Waals surface area (Å²) in [7, 11) is 2.15. The number of nitrogens with zero attached hydrogens (tertiary/aromatic N) is 2. The molecule has 0 saturated carbocycles. The molecule has 1 atom stereocenters. The Morgan fingerprint density at radius 2 is 2.17 bits per heavy atom. The van der Waals surface area contributed by atoms with Gasteiger partial charge in [0.1, 0.15) is 0 Å². The lowest BCUT2D eigenvalue weighted by atomic mass is 10.1. The fourth-order valence-corrected chi connectivity index (χ4v) is 3.41. The van der Waals surface area contributed by atoms with E-state index in [1.807, 2.05) is 13.0 Å².